The molecule has 0 amide bonds. The van der Waals surface area contributed by atoms with Crippen LogP contribution in [0.1, 0.15) is 6.42 Å². The van der Waals surface area contributed by atoms with E-state index in [1.165, 1.54) is 6.26 Å². The van der Waals surface area contributed by atoms with Crippen LogP contribution in [0.25, 0.3) is 11.5 Å². The summed E-state index contributed by atoms with van der Waals surface area (Å²) in [5.74, 6) is 0.473. The molecule has 0 radical (unpaired) electrons. The number of hydrogen-bond acceptors (Lipinski definition) is 6. The van der Waals surface area contributed by atoms with Crippen LogP contribution in [0.5, 0.6) is 0 Å². The third-order valence-corrected chi connectivity index (χ3v) is 3.78. The van der Waals surface area contributed by atoms with E-state index in [1.807, 2.05) is 6.07 Å². The molecule has 2 heterocycles. The van der Waals surface area contributed by atoms with Gasteiger partial charge in [-0.1, -0.05) is 4.68 Å². The van der Waals surface area contributed by atoms with Crippen molar-refractivity contribution >= 4 is 10.1 Å². The molecule has 8 heteroatoms. The van der Waals surface area contributed by atoms with Gasteiger partial charge in [0.05, 0.1) is 24.6 Å². The highest BCUT2D eigenvalue weighted by molar-refractivity contribution is 7.86. The van der Waals surface area contributed by atoms with Gasteiger partial charge in [0.1, 0.15) is 12.5 Å². The Morgan fingerprint density at radius 3 is 2.89 bits per heavy atom. The van der Waals surface area contributed by atoms with Crippen molar-refractivity contribution in [1.82, 2.24) is 10.1 Å². The van der Waals surface area contributed by atoms with Gasteiger partial charge in [-0.2, -0.15) is 8.42 Å². The van der Waals surface area contributed by atoms with Gasteiger partial charge in [0, 0.05) is 12.5 Å². The smallest absolute Gasteiger partial charge is 0.267 e. The maximum Gasteiger partial charge on any atom is 0.267 e. The minimum atomic E-state index is -3.40. The predicted molar refractivity (Wildman–Crippen MR) is 65.3 cm³/mol. The summed E-state index contributed by atoms with van der Waals surface area (Å²) in [6.45, 7) is 0.494. The maximum absolute atomic E-state index is 11.1. The molecule has 0 saturated heterocycles. The van der Waals surface area contributed by atoms with Gasteiger partial charge >= 0.3 is 0 Å². The first kappa shape index (κ1) is 13.6. The van der Waals surface area contributed by atoms with Crippen molar-refractivity contribution in [1.29, 1.82) is 0 Å². The van der Waals surface area contributed by atoms with E-state index in [1.54, 1.807) is 23.3 Å². The summed E-state index contributed by atoms with van der Waals surface area (Å²) < 4.78 is 33.4. The lowest BCUT2D eigenvalue weighted by Gasteiger charge is -1.98. The van der Waals surface area contributed by atoms with Crippen molar-refractivity contribution in [3.8, 4) is 11.5 Å². The van der Waals surface area contributed by atoms with Crippen molar-refractivity contribution in [2.24, 2.45) is 0 Å². The number of hydrogen-bond donors (Lipinski definition) is 0. The maximum atomic E-state index is 11.1. The fraction of sp³-hybridized carbons (Fsp3) is 0.364. The Balaban J connectivity index is 1.93. The summed E-state index contributed by atoms with van der Waals surface area (Å²) in [6.07, 6.45) is 6.86. The van der Waals surface area contributed by atoms with Gasteiger partial charge in [-0.25, -0.2) is 4.98 Å². The molecule has 0 aliphatic rings. The zero-order valence-corrected chi connectivity index (χ0v) is 11.2. The highest BCUT2D eigenvalue weighted by Gasteiger charge is 2.12. The quantitative estimate of drug-likeness (QED) is 0.563. The molecule has 0 aromatic carbocycles. The summed E-state index contributed by atoms with van der Waals surface area (Å²) in [5.41, 5.74) is 0.769. The van der Waals surface area contributed by atoms with Gasteiger partial charge in [0.2, 0.25) is 5.89 Å². The van der Waals surface area contributed by atoms with Crippen molar-refractivity contribution in [3.05, 3.63) is 30.9 Å². The van der Waals surface area contributed by atoms with Crippen molar-refractivity contribution in [2.45, 2.75) is 13.0 Å². The molecular weight excluding hydrogens is 270 g/mol. The van der Waals surface area contributed by atoms with Crippen LogP contribution in [-0.4, -0.2) is 31.4 Å². The normalized spacial score (nSPS) is 11.6. The molecule has 2 rings (SSSR count). The SMILES string of the molecule is COS(=O)(=O)CCC[n+]1ccc(-c2ncco2)cn1. The summed E-state index contributed by atoms with van der Waals surface area (Å²) in [5, 5.41) is 4.16. The zero-order chi connectivity index (χ0) is 13.7. The standard InChI is InChI=1S/C11H14N3O4S/c1-17-19(15,16)8-2-5-14-6-3-10(9-13-14)11-12-4-7-18-11/h3-4,6-7,9H,2,5,8H2,1H3/q+1. The van der Waals surface area contributed by atoms with Crippen LogP contribution in [0.4, 0.5) is 0 Å². The Kier molecular flexibility index (Phi) is 4.23. The fourth-order valence-corrected chi connectivity index (χ4v) is 2.14. The third kappa shape index (κ3) is 3.83. The Morgan fingerprint density at radius 2 is 2.32 bits per heavy atom. The lowest BCUT2D eigenvalue weighted by Crippen LogP contribution is -2.38. The number of nitrogens with zero attached hydrogens (tertiary/aromatic N) is 3. The summed E-state index contributed by atoms with van der Waals surface area (Å²) >= 11 is 0. The minimum absolute atomic E-state index is 0.0281. The first-order valence-corrected chi connectivity index (χ1v) is 7.22. The van der Waals surface area contributed by atoms with Crippen LogP contribution in [0.3, 0.4) is 0 Å². The molecule has 0 bridgehead atoms. The van der Waals surface area contributed by atoms with Gasteiger partial charge in [-0.3, -0.25) is 4.18 Å². The second-order valence-electron chi connectivity index (χ2n) is 3.80. The van der Waals surface area contributed by atoms with Crippen LogP contribution < -0.4 is 4.68 Å². The second kappa shape index (κ2) is 5.89. The molecule has 0 aliphatic carbocycles. The first-order valence-electron chi connectivity index (χ1n) is 5.65. The molecule has 2 aromatic rings. The van der Waals surface area contributed by atoms with E-state index in [2.05, 4.69) is 14.3 Å². The van der Waals surface area contributed by atoms with Gasteiger partial charge in [0.25, 0.3) is 10.1 Å². The van der Waals surface area contributed by atoms with Gasteiger partial charge in [-0.15, -0.1) is 0 Å². The Bertz CT molecular complexity index is 608. The number of oxazole rings is 1. The second-order valence-corrected chi connectivity index (χ2v) is 5.65. The number of rotatable bonds is 6. The van der Waals surface area contributed by atoms with Crippen LogP contribution in [0.15, 0.2) is 35.3 Å². The predicted octanol–water partition coefficient (Wildman–Crippen LogP) is 0.390. The minimum Gasteiger partial charge on any atom is -0.444 e. The molecule has 0 atom stereocenters. The van der Waals surface area contributed by atoms with E-state index in [9.17, 15) is 8.42 Å². The zero-order valence-electron chi connectivity index (χ0n) is 10.4. The third-order valence-electron chi connectivity index (χ3n) is 2.49. The highest BCUT2D eigenvalue weighted by Crippen LogP contribution is 2.13. The molecule has 2 aromatic heterocycles. The average molecular weight is 284 g/mol. The van der Waals surface area contributed by atoms with E-state index < -0.39 is 10.1 Å². The van der Waals surface area contributed by atoms with E-state index >= 15 is 0 Å². The number of aromatic nitrogens is 3. The van der Waals surface area contributed by atoms with Gasteiger partial charge < -0.3 is 4.42 Å². The van der Waals surface area contributed by atoms with Crippen LogP contribution >= 0.6 is 0 Å². The van der Waals surface area contributed by atoms with E-state index in [0.717, 1.165) is 12.7 Å². The Morgan fingerprint density at radius 1 is 1.47 bits per heavy atom. The summed E-state index contributed by atoms with van der Waals surface area (Å²) in [7, 11) is -2.24. The van der Waals surface area contributed by atoms with Gasteiger partial charge in [-0.05, 0) is 5.10 Å². The Hall–Kier alpha value is -1.80. The average Bonchev–Trinajstić information content (AvgIpc) is 2.93. The van der Waals surface area contributed by atoms with Crippen molar-refractivity contribution in [3.63, 3.8) is 0 Å². The fourth-order valence-electron chi connectivity index (χ4n) is 1.50. The summed E-state index contributed by atoms with van der Waals surface area (Å²) in [6, 6.07) is 1.81. The molecule has 102 valence electrons. The largest absolute Gasteiger partial charge is 0.444 e. The highest BCUT2D eigenvalue weighted by atomic mass is 32.2. The van der Waals surface area contributed by atoms with Crippen molar-refractivity contribution < 1.29 is 21.7 Å². The van der Waals surface area contributed by atoms with E-state index in [-0.39, 0.29) is 5.75 Å². The topological polar surface area (TPSA) is 86.2 Å². The molecular formula is C11H14N3O4S+. The molecule has 0 fully saturated rings. The molecule has 0 unspecified atom stereocenters. The molecule has 7 nitrogen and oxygen atoms in total. The number of aryl methyl sites for hydroxylation is 1. The molecule has 0 spiro atoms. The van der Waals surface area contributed by atoms with Gasteiger partial charge in [0.15, 0.2) is 12.7 Å². The first-order chi connectivity index (χ1) is 9.11. The molecule has 0 aliphatic heterocycles. The lowest BCUT2D eigenvalue weighted by atomic mass is 10.3. The summed E-state index contributed by atoms with van der Waals surface area (Å²) in [4.78, 5) is 4.01. The lowest BCUT2D eigenvalue weighted by molar-refractivity contribution is -0.753. The van der Waals surface area contributed by atoms with E-state index in [4.69, 9.17) is 4.42 Å². The molecule has 0 N–H and O–H groups in total. The van der Waals surface area contributed by atoms with Crippen LogP contribution in [-0.2, 0) is 20.8 Å². The molecule has 19 heavy (non-hydrogen) atoms. The monoisotopic (exact) mass is 284 g/mol. The van der Waals surface area contributed by atoms with Crippen LogP contribution in [0, 0.1) is 0 Å². The molecule has 0 saturated carbocycles. The van der Waals surface area contributed by atoms with Crippen LogP contribution in [0.2, 0.25) is 0 Å². The Labute approximate surface area is 111 Å². The van der Waals surface area contributed by atoms with Crippen molar-refractivity contribution in [2.75, 3.05) is 12.9 Å². The van der Waals surface area contributed by atoms with E-state index in [0.29, 0.717) is 18.9 Å².